The summed E-state index contributed by atoms with van der Waals surface area (Å²) in [6.07, 6.45) is 3.00. The average molecular weight is 317 g/mol. The third-order valence-corrected chi connectivity index (χ3v) is 5.44. The van der Waals surface area contributed by atoms with E-state index in [-0.39, 0.29) is 17.9 Å². The fraction of sp³-hybridized carbons (Fsp3) is 0.529. The maximum Gasteiger partial charge on any atom is 0.225 e. The van der Waals surface area contributed by atoms with E-state index in [2.05, 4.69) is 30.1 Å². The van der Waals surface area contributed by atoms with Crippen LogP contribution in [-0.4, -0.2) is 30.0 Å². The van der Waals surface area contributed by atoms with Crippen molar-refractivity contribution >= 4 is 32.6 Å². The Bertz CT molecular complexity index is 621. The number of benzene rings is 1. The van der Waals surface area contributed by atoms with Gasteiger partial charge in [-0.2, -0.15) is 0 Å². The number of thiazole rings is 1. The molecule has 1 aliphatic heterocycles. The predicted molar refractivity (Wildman–Crippen MR) is 92.5 cm³/mol. The second-order valence-corrected chi connectivity index (χ2v) is 7.08. The normalized spacial score (nSPS) is 20.1. The van der Waals surface area contributed by atoms with Crippen LogP contribution in [0.1, 0.15) is 33.1 Å². The number of nitrogens with zero attached hydrogens (tertiary/aromatic N) is 2. The maximum absolute atomic E-state index is 12.4. The average Bonchev–Trinajstić information content (AvgIpc) is 2.99. The molecule has 22 heavy (non-hydrogen) atoms. The number of fused-ring (bicyclic) bond motifs is 1. The second-order valence-electron chi connectivity index (χ2n) is 6.07. The summed E-state index contributed by atoms with van der Waals surface area (Å²) in [4.78, 5) is 19.4. The molecule has 2 heterocycles. The van der Waals surface area contributed by atoms with E-state index >= 15 is 0 Å². The van der Waals surface area contributed by atoms with Gasteiger partial charge in [0.25, 0.3) is 0 Å². The Hall–Kier alpha value is -1.62. The third kappa shape index (κ3) is 3.24. The zero-order valence-electron chi connectivity index (χ0n) is 13.2. The summed E-state index contributed by atoms with van der Waals surface area (Å²) < 4.78 is 1.21. The van der Waals surface area contributed by atoms with E-state index in [1.807, 2.05) is 18.2 Å². The molecule has 4 nitrogen and oxygen atoms in total. The van der Waals surface area contributed by atoms with Gasteiger partial charge >= 0.3 is 0 Å². The lowest BCUT2D eigenvalue weighted by Crippen LogP contribution is -2.45. The van der Waals surface area contributed by atoms with E-state index in [9.17, 15) is 4.79 Å². The molecular formula is C17H23N3OS. The van der Waals surface area contributed by atoms with Crippen LogP contribution in [0.25, 0.3) is 10.2 Å². The fourth-order valence-corrected chi connectivity index (χ4v) is 3.82. The molecule has 1 aromatic carbocycles. The lowest BCUT2D eigenvalue weighted by atomic mass is 9.97. The Kier molecular flexibility index (Phi) is 4.62. The van der Waals surface area contributed by atoms with Crippen LogP contribution in [0.4, 0.5) is 5.13 Å². The summed E-state index contributed by atoms with van der Waals surface area (Å²) in [5.74, 6) is 0.273. The van der Waals surface area contributed by atoms with E-state index in [1.165, 1.54) is 4.70 Å². The molecular weight excluding hydrogens is 294 g/mol. The molecule has 0 aliphatic carbocycles. The molecule has 2 aromatic rings. The molecule has 0 bridgehead atoms. The molecule has 1 amide bonds. The van der Waals surface area contributed by atoms with E-state index < -0.39 is 0 Å². The van der Waals surface area contributed by atoms with Crippen molar-refractivity contribution < 1.29 is 4.79 Å². The first-order valence-electron chi connectivity index (χ1n) is 8.08. The zero-order valence-corrected chi connectivity index (χ0v) is 14.0. The first-order valence-corrected chi connectivity index (χ1v) is 8.90. The number of hydrogen-bond donors (Lipinski definition) is 1. The molecule has 5 heteroatoms. The predicted octanol–water partition coefficient (Wildman–Crippen LogP) is 3.43. The lowest BCUT2D eigenvalue weighted by Gasteiger charge is -2.32. The maximum atomic E-state index is 12.4. The van der Waals surface area contributed by atoms with Crippen LogP contribution in [0, 0.1) is 5.92 Å². The minimum absolute atomic E-state index is 0.0785. The lowest BCUT2D eigenvalue weighted by molar-refractivity contribution is -0.125. The van der Waals surface area contributed by atoms with Crippen molar-refractivity contribution in [3.05, 3.63) is 24.3 Å². The van der Waals surface area contributed by atoms with E-state index in [0.717, 1.165) is 43.0 Å². The molecule has 3 rings (SSSR count). The van der Waals surface area contributed by atoms with E-state index in [4.69, 9.17) is 4.98 Å². The van der Waals surface area contributed by atoms with Crippen molar-refractivity contribution in [2.24, 2.45) is 5.92 Å². The molecule has 1 aliphatic rings. The van der Waals surface area contributed by atoms with E-state index in [1.54, 1.807) is 11.3 Å². The molecule has 1 fully saturated rings. The monoisotopic (exact) mass is 317 g/mol. The zero-order chi connectivity index (χ0) is 15.5. The van der Waals surface area contributed by atoms with Gasteiger partial charge in [0.2, 0.25) is 5.91 Å². The molecule has 1 N–H and O–H groups in total. The van der Waals surface area contributed by atoms with Crippen LogP contribution in [0.2, 0.25) is 0 Å². The number of anilines is 1. The van der Waals surface area contributed by atoms with E-state index in [0.29, 0.717) is 0 Å². The van der Waals surface area contributed by atoms with Gasteiger partial charge in [0.15, 0.2) is 5.13 Å². The number of hydrogen-bond acceptors (Lipinski definition) is 4. The Labute approximate surface area is 135 Å². The minimum Gasteiger partial charge on any atom is -0.353 e. The van der Waals surface area contributed by atoms with Crippen molar-refractivity contribution in [2.45, 2.75) is 39.2 Å². The van der Waals surface area contributed by atoms with Gasteiger partial charge in [-0.3, -0.25) is 4.79 Å². The highest BCUT2D eigenvalue weighted by atomic mass is 32.1. The van der Waals surface area contributed by atoms with Crippen molar-refractivity contribution in [2.75, 3.05) is 18.0 Å². The number of carbonyl (C=O) groups is 1. The van der Waals surface area contributed by atoms with Crippen molar-refractivity contribution in [1.29, 1.82) is 0 Å². The van der Waals surface area contributed by atoms with Crippen LogP contribution in [0.15, 0.2) is 24.3 Å². The first-order chi connectivity index (χ1) is 10.7. The van der Waals surface area contributed by atoms with Gasteiger partial charge in [-0.15, -0.1) is 0 Å². The SMILES string of the molecule is CC[C@@H](C)NC(=O)[C@@H]1CCCN(c2nc3ccccc3s2)C1. The Morgan fingerprint density at radius 1 is 1.50 bits per heavy atom. The summed E-state index contributed by atoms with van der Waals surface area (Å²) in [6, 6.07) is 8.47. The summed E-state index contributed by atoms with van der Waals surface area (Å²) >= 11 is 1.72. The van der Waals surface area contributed by atoms with Crippen molar-refractivity contribution in [3.8, 4) is 0 Å². The molecule has 1 aromatic heterocycles. The molecule has 118 valence electrons. The molecule has 1 saturated heterocycles. The quantitative estimate of drug-likeness (QED) is 0.939. The number of aromatic nitrogens is 1. The van der Waals surface area contributed by atoms with Crippen LogP contribution in [0.5, 0.6) is 0 Å². The highest BCUT2D eigenvalue weighted by Crippen LogP contribution is 2.31. The number of rotatable bonds is 4. The van der Waals surface area contributed by atoms with Crippen LogP contribution < -0.4 is 10.2 Å². The highest BCUT2D eigenvalue weighted by molar-refractivity contribution is 7.22. The largest absolute Gasteiger partial charge is 0.353 e. The molecule has 0 radical (unpaired) electrons. The summed E-state index contributed by atoms with van der Waals surface area (Å²) in [5.41, 5.74) is 1.05. The van der Waals surface area contributed by atoms with Crippen LogP contribution >= 0.6 is 11.3 Å². The summed E-state index contributed by atoms with van der Waals surface area (Å²) in [7, 11) is 0. The number of amides is 1. The van der Waals surface area contributed by atoms with Gasteiger partial charge in [0.05, 0.1) is 16.1 Å². The molecule has 0 saturated carbocycles. The summed E-state index contributed by atoms with van der Waals surface area (Å²) in [6.45, 7) is 5.93. The Morgan fingerprint density at radius 3 is 3.09 bits per heavy atom. The molecule has 0 spiro atoms. The minimum atomic E-state index is 0.0785. The topological polar surface area (TPSA) is 45.2 Å². The summed E-state index contributed by atoms with van der Waals surface area (Å²) in [5, 5.41) is 4.16. The second kappa shape index (κ2) is 6.65. The van der Waals surface area contributed by atoms with Gasteiger partial charge in [-0.25, -0.2) is 4.98 Å². The Balaban J connectivity index is 1.71. The standard InChI is InChI=1S/C17H23N3OS/c1-3-12(2)18-16(21)13-7-6-10-20(11-13)17-19-14-8-4-5-9-15(14)22-17/h4-5,8-9,12-13H,3,6-7,10-11H2,1-2H3,(H,18,21)/t12-,13-/m1/s1. The van der Waals surface area contributed by atoms with Crippen LogP contribution in [-0.2, 0) is 4.79 Å². The van der Waals surface area contributed by atoms with Gasteiger partial charge < -0.3 is 10.2 Å². The number of para-hydroxylation sites is 1. The first kappa shape index (κ1) is 15.3. The van der Waals surface area contributed by atoms with Crippen molar-refractivity contribution in [1.82, 2.24) is 10.3 Å². The Morgan fingerprint density at radius 2 is 2.32 bits per heavy atom. The number of nitrogens with one attached hydrogen (secondary N) is 1. The smallest absolute Gasteiger partial charge is 0.225 e. The van der Waals surface area contributed by atoms with Crippen molar-refractivity contribution in [3.63, 3.8) is 0 Å². The number of piperidine rings is 1. The third-order valence-electron chi connectivity index (χ3n) is 4.35. The van der Waals surface area contributed by atoms with Gasteiger partial charge in [0, 0.05) is 19.1 Å². The van der Waals surface area contributed by atoms with Gasteiger partial charge in [-0.05, 0) is 38.3 Å². The molecule has 2 atom stereocenters. The highest BCUT2D eigenvalue weighted by Gasteiger charge is 2.27. The van der Waals surface area contributed by atoms with Gasteiger partial charge in [-0.1, -0.05) is 30.4 Å². The fourth-order valence-electron chi connectivity index (χ4n) is 2.82. The number of carbonyl (C=O) groups excluding carboxylic acids is 1. The van der Waals surface area contributed by atoms with Crippen LogP contribution in [0.3, 0.4) is 0 Å². The van der Waals surface area contributed by atoms with Gasteiger partial charge in [0.1, 0.15) is 0 Å². The molecule has 0 unspecified atom stereocenters.